The molecular weight excluding hydrogens is 260 g/mol. The van der Waals surface area contributed by atoms with Crippen molar-refractivity contribution in [3.8, 4) is 0 Å². The first-order valence-corrected chi connectivity index (χ1v) is 8.37. The van der Waals surface area contributed by atoms with Crippen molar-refractivity contribution in [3.05, 3.63) is 18.3 Å². The van der Waals surface area contributed by atoms with Crippen LogP contribution in [0.15, 0.2) is 18.3 Å². The molecule has 3 rings (SSSR count). The second-order valence-corrected chi connectivity index (χ2v) is 6.70. The van der Waals surface area contributed by atoms with Gasteiger partial charge in [-0.25, -0.2) is 4.98 Å². The number of hydrogen-bond donors (Lipinski definition) is 2. The molecular formula is C17H28N4. The highest BCUT2D eigenvalue weighted by Crippen LogP contribution is 2.32. The topological polar surface area (TPSA) is 40.2 Å². The van der Waals surface area contributed by atoms with Gasteiger partial charge >= 0.3 is 0 Å². The third kappa shape index (κ3) is 3.49. The predicted molar refractivity (Wildman–Crippen MR) is 89.0 cm³/mol. The van der Waals surface area contributed by atoms with Crippen LogP contribution in [0.25, 0.3) is 0 Å². The Kier molecular flexibility index (Phi) is 4.63. The van der Waals surface area contributed by atoms with Gasteiger partial charge in [0.25, 0.3) is 0 Å². The SMILES string of the molecule is CN(C)c1ccc(NC2CCCCC2C2CCCN2)cn1. The van der Waals surface area contributed by atoms with E-state index in [9.17, 15) is 0 Å². The van der Waals surface area contributed by atoms with Gasteiger partial charge in [-0.2, -0.15) is 0 Å². The smallest absolute Gasteiger partial charge is 0.128 e. The average Bonchev–Trinajstić information content (AvgIpc) is 3.02. The zero-order chi connectivity index (χ0) is 14.7. The van der Waals surface area contributed by atoms with Gasteiger partial charge in [-0.1, -0.05) is 12.8 Å². The summed E-state index contributed by atoms with van der Waals surface area (Å²) in [7, 11) is 4.05. The second kappa shape index (κ2) is 6.65. The molecule has 0 bridgehead atoms. The summed E-state index contributed by atoms with van der Waals surface area (Å²) in [6, 6.07) is 5.57. The van der Waals surface area contributed by atoms with Crippen molar-refractivity contribution in [2.75, 3.05) is 30.9 Å². The Balaban J connectivity index is 1.66. The van der Waals surface area contributed by atoms with E-state index in [1.807, 2.05) is 25.2 Å². The molecule has 1 aliphatic heterocycles. The lowest BCUT2D eigenvalue weighted by Crippen LogP contribution is -2.43. The van der Waals surface area contributed by atoms with Crippen LogP contribution in [0.4, 0.5) is 11.5 Å². The number of rotatable bonds is 4. The van der Waals surface area contributed by atoms with Gasteiger partial charge in [0, 0.05) is 26.2 Å². The highest BCUT2D eigenvalue weighted by Gasteiger charge is 2.33. The van der Waals surface area contributed by atoms with Crippen molar-refractivity contribution >= 4 is 11.5 Å². The lowest BCUT2D eigenvalue weighted by molar-refractivity contribution is 0.262. The van der Waals surface area contributed by atoms with Crippen molar-refractivity contribution in [3.63, 3.8) is 0 Å². The minimum atomic E-state index is 0.598. The third-order valence-corrected chi connectivity index (χ3v) is 4.99. The van der Waals surface area contributed by atoms with Crippen LogP contribution in [0.1, 0.15) is 38.5 Å². The van der Waals surface area contributed by atoms with Gasteiger partial charge in [0.1, 0.15) is 5.82 Å². The van der Waals surface area contributed by atoms with Crippen LogP contribution in [0, 0.1) is 5.92 Å². The molecule has 21 heavy (non-hydrogen) atoms. The first kappa shape index (κ1) is 14.6. The van der Waals surface area contributed by atoms with Crippen LogP contribution in [0.2, 0.25) is 0 Å². The van der Waals surface area contributed by atoms with E-state index in [4.69, 9.17) is 0 Å². The van der Waals surface area contributed by atoms with E-state index in [2.05, 4.69) is 27.8 Å². The molecule has 2 N–H and O–H groups in total. The maximum atomic E-state index is 4.51. The molecule has 2 aliphatic rings. The lowest BCUT2D eigenvalue weighted by atomic mass is 9.79. The molecule has 3 atom stereocenters. The Morgan fingerprint density at radius 1 is 1.14 bits per heavy atom. The van der Waals surface area contributed by atoms with Gasteiger partial charge in [-0.3, -0.25) is 0 Å². The van der Waals surface area contributed by atoms with Gasteiger partial charge in [-0.05, 0) is 50.3 Å². The molecule has 2 heterocycles. The first-order chi connectivity index (χ1) is 10.2. The molecule has 1 aromatic heterocycles. The fourth-order valence-electron chi connectivity index (χ4n) is 3.85. The molecule has 1 aliphatic carbocycles. The van der Waals surface area contributed by atoms with E-state index in [1.54, 1.807) is 0 Å². The Labute approximate surface area is 128 Å². The monoisotopic (exact) mass is 288 g/mol. The minimum Gasteiger partial charge on any atom is -0.381 e. The molecule has 1 saturated heterocycles. The highest BCUT2D eigenvalue weighted by molar-refractivity contribution is 5.48. The van der Waals surface area contributed by atoms with E-state index in [-0.39, 0.29) is 0 Å². The zero-order valence-corrected chi connectivity index (χ0v) is 13.3. The Hall–Kier alpha value is -1.29. The number of nitrogens with zero attached hydrogens (tertiary/aromatic N) is 2. The standard InChI is InChI=1S/C17H28N4/c1-21(2)17-10-9-13(12-19-17)20-16-7-4-3-6-14(16)15-8-5-11-18-15/h9-10,12,14-16,18,20H,3-8,11H2,1-2H3. The molecule has 1 aromatic rings. The number of anilines is 2. The third-order valence-electron chi connectivity index (χ3n) is 4.99. The summed E-state index contributed by atoms with van der Waals surface area (Å²) in [6.07, 6.45) is 10.1. The summed E-state index contributed by atoms with van der Waals surface area (Å²) in [5.74, 6) is 1.79. The number of nitrogens with one attached hydrogen (secondary N) is 2. The van der Waals surface area contributed by atoms with Crippen molar-refractivity contribution in [2.24, 2.45) is 5.92 Å². The van der Waals surface area contributed by atoms with Gasteiger partial charge < -0.3 is 15.5 Å². The summed E-state index contributed by atoms with van der Waals surface area (Å²) in [6.45, 7) is 1.20. The highest BCUT2D eigenvalue weighted by atomic mass is 15.1. The second-order valence-electron chi connectivity index (χ2n) is 6.70. The Morgan fingerprint density at radius 2 is 2.00 bits per heavy atom. The summed E-state index contributed by atoms with van der Waals surface area (Å²) in [5.41, 5.74) is 1.16. The maximum Gasteiger partial charge on any atom is 0.128 e. The molecule has 3 unspecified atom stereocenters. The van der Waals surface area contributed by atoms with Crippen molar-refractivity contribution < 1.29 is 0 Å². The van der Waals surface area contributed by atoms with E-state index in [0.29, 0.717) is 6.04 Å². The summed E-state index contributed by atoms with van der Waals surface area (Å²) >= 11 is 0. The van der Waals surface area contributed by atoms with Gasteiger partial charge in [0.05, 0.1) is 11.9 Å². The van der Waals surface area contributed by atoms with Crippen LogP contribution >= 0.6 is 0 Å². The zero-order valence-electron chi connectivity index (χ0n) is 13.3. The van der Waals surface area contributed by atoms with E-state index in [0.717, 1.165) is 23.5 Å². The number of aromatic nitrogens is 1. The quantitative estimate of drug-likeness (QED) is 0.894. The van der Waals surface area contributed by atoms with Crippen LogP contribution in [-0.4, -0.2) is 37.7 Å². The molecule has 0 radical (unpaired) electrons. The Bertz CT molecular complexity index is 437. The molecule has 4 heteroatoms. The van der Waals surface area contributed by atoms with Gasteiger partial charge in [0.2, 0.25) is 0 Å². The summed E-state index contributed by atoms with van der Waals surface area (Å²) in [5, 5.41) is 7.46. The molecule has 2 fully saturated rings. The first-order valence-electron chi connectivity index (χ1n) is 8.37. The Morgan fingerprint density at radius 3 is 2.67 bits per heavy atom. The summed E-state index contributed by atoms with van der Waals surface area (Å²) < 4.78 is 0. The molecule has 0 spiro atoms. The van der Waals surface area contributed by atoms with E-state index in [1.165, 1.54) is 45.1 Å². The number of pyridine rings is 1. The van der Waals surface area contributed by atoms with Crippen LogP contribution < -0.4 is 15.5 Å². The minimum absolute atomic E-state index is 0.598. The normalized spacial score (nSPS) is 29.3. The fraction of sp³-hybridized carbons (Fsp3) is 0.706. The fourth-order valence-corrected chi connectivity index (χ4v) is 3.85. The molecule has 116 valence electrons. The van der Waals surface area contributed by atoms with Crippen LogP contribution in [0.3, 0.4) is 0 Å². The summed E-state index contributed by atoms with van der Waals surface area (Å²) in [4.78, 5) is 6.55. The molecule has 0 amide bonds. The molecule has 1 saturated carbocycles. The van der Waals surface area contributed by atoms with Crippen molar-refractivity contribution in [1.29, 1.82) is 0 Å². The molecule has 4 nitrogen and oxygen atoms in total. The van der Waals surface area contributed by atoms with Gasteiger partial charge in [-0.15, -0.1) is 0 Å². The average molecular weight is 288 g/mol. The van der Waals surface area contributed by atoms with Gasteiger partial charge in [0.15, 0.2) is 0 Å². The van der Waals surface area contributed by atoms with Crippen LogP contribution in [-0.2, 0) is 0 Å². The van der Waals surface area contributed by atoms with Crippen molar-refractivity contribution in [1.82, 2.24) is 10.3 Å². The predicted octanol–water partition coefficient (Wildman–Crippen LogP) is 2.87. The largest absolute Gasteiger partial charge is 0.381 e. The molecule has 0 aromatic carbocycles. The van der Waals surface area contributed by atoms with Crippen molar-refractivity contribution in [2.45, 2.75) is 50.6 Å². The number of hydrogen-bond acceptors (Lipinski definition) is 4. The van der Waals surface area contributed by atoms with E-state index < -0.39 is 0 Å². The maximum absolute atomic E-state index is 4.51. The lowest BCUT2D eigenvalue weighted by Gasteiger charge is -2.36. The van der Waals surface area contributed by atoms with E-state index >= 15 is 0 Å². The van der Waals surface area contributed by atoms with Crippen LogP contribution in [0.5, 0.6) is 0 Å².